The van der Waals surface area contributed by atoms with E-state index in [1.54, 1.807) is 13.3 Å². The Morgan fingerprint density at radius 2 is 1.95 bits per heavy atom. The summed E-state index contributed by atoms with van der Waals surface area (Å²) in [5.41, 5.74) is 5.94. The van der Waals surface area contributed by atoms with Crippen LogP contribution < -0.4 is 15.4 Å². The molecule has 2 N–H and O–H groups in total. The van der Waals surface area contributed by atoms with E-state index in [2.05, 4.69) is 9.88 Å². The van der Waals surface area contributed by atoms with Crippen molar-refractivity contribution in [3.63, 3.8) is 0 Å². The lowest BCUT2D eigenvalue weighted by Gasteiger charge is -2.37. The second-order valence-electron chi connectivity index (χ2n) is 5.64. The Hall–Kier alpha value is -1.53. The van der Waals surface area contributed by atoms with Gasteiger partial charge in [0.25, 0.3) is 0 Å². The first-order valence-electron chi connectivity index (χ1n) is 7.32. The van der Waals surface area contributed by atoms with Crippen LogP contribution in [0.2, 0.25) is 0 Å². The van der Waals surface area contributed by atoms with E-state index in [9.17, 15) is 4.79 Å². The van der Waals surface area contributed by atoms with Gasteiger partial charge in [-0.2, -0.15) is 0 Å². The number of carbonyl (C=O) groups excluding carboxylic acids is 1. The fourth-order valence-electron chi connectivity index (χ4n) is 2.35. The zero-order chi connectivity index (χ0) is 15.4. The smallest absolute Gasteiger partial charge is 0.239 e. The summed E-state index contributed by atoms with van der Waals surface area (Å²) < 4.78 is 5.22. The highest BCUT2D eigenvalue weighted by Gasteiger charge is 2.27. The molecule has 1 amide bonds. The maximum Gasteiger partial charge on any atom is 0.239 e. The van der Waals surface area contributed by atoms with E-state index in [-0.39, 0.29) is 24.2 Å². The zero-order valence-corrected chi connectivity index (χ0v) is 14.2. The number of pyridine rings is 1. The van der Waals surface area contributed by atoms with Crippen molar-refractivity contribution in [2.45, 2.75) is 19.9 Å². The lowest BCUT2D eigenvalue weighted by molar-refractivity contribution is -0.133. The zero-order valence-electron chi connectivity index (χ0n) is 13.4. The number of piperazine rings is 1. The number of anilines is 1. The molecule has 1 aromatic heterocycles. The van der Waals surface area contributed by atoms with Gasteiger partial charge in [0, 0.05) is 38.4 Å². The van der Waals surface area contributed by atoms with Crippen LogP contribution in [0, 0.1) is 5.92 Å². The minimum atomic E-state index is -0.411. The molecular weight excluding hydrogens is 304 g/mol. The van der Waals surface area contributed by atoms with Crippen molar-refractivity contribution in [2.24, 2.45) is 11.7 Å². The number of amides is 1. The van der Waals surface area contributed by atoms with E-state index in [4.69, 9.17) is 10.5 Å². The van der Waals surface area contributed by atoms with Crippen LogP contribution in [0.3, 0.4) is 0 Å². The van der Waals surface area contributed by atoms with Crippen LogP contribution in [0.15, 0.2) is 18.3 Å². The number of carbonyl (C=O) groups is 1. The summed E-state index contributed by atoms with van der Waals surface area (Å²) in [6.45, 7) is 6.82. The molecule has 6 nitrogen and oxygen atoms in total. The average Bonchev–Trinajstić information content (AvgIpc) is 2.53. The van der Waals surface area contributed by atoms with Gasteiger partial charge in [-0.3, -0.25) is 4.79 Å². The number of hydrogen-bond donors (Lipinski definition) is 1. The first kappa shape index (κ1) is 18.5. The molecule has 1 saturated heterocycles. The molecule has 1 fully saturated rings. The first-order valence-corrected chi connectivity index (χ1v) is 7.32. The van der Waals surface area contributed by atoms with Gasteiger partial charge in [0.05, 0.1) is 13.2 Å². The van der Waals surface area contributed by atoms with Crippen LogP contribution in [-0.2, 0) is 4.79 Å². The van der Waals surface area contributed by atoms with Crippen molar-refractivity contribution in [3.05, 3.63) is 18.3 Å². The van der Waals surface area contributed by atoms with Crippen LogP contribution in [0.25, 0.3) is 0 Å². The summed E-state index contributed by atoms with van der Waals surface area (Å²) in [6.07, 6.45) is 1.74. The molecule has 1 aliphatic rings. The normalized spacial score (nSPS) is 16.2. The molecule has 22 heavy (non-hydrogen) atoms. The van der Waals surface area contributed by atoms with E-state index >= 15 is 0 Å². The third-order valence-electron chi connectivity index (χ3n) is 3.87. The molecule has 0 aromatic carbocycles. The van der Waals surface area contributed by atoms with Crippen molar-refractivity contribution >= 4 is 24.1 Å². The number of rotatable bonds is 4. The molecule has 7 heteroatoms. The highest BCUT2D eigenvalue weighted by atomic mass is 35.5. The Balaban J connectivity index is 0.00000242. The molecular formula is C15H25ClN4O2. The Kier molecular flexibility index (Phi) is 6.90. The quantitative estimate of drug-likeness (QED) is 0.897. The molecule has 2 heterocycles. The van der Waals surface area contributed by atoms with Gasteiger partial charge < -0.3 is 20.3 Å². The Labute approximate surface area is 138 Å². The number of halogens is 1. The lowest BCUT2D eigenvalue weighted by atomic mass is 10.0. The topological polar surface area (TPSA) is 71.7 Å². The summed E-state index contributed by atoms with van der Waals surface area (Å²) in [6, 6.07) is 3.33. The second-order valence-corrected chi connectivity index (χ2v) is 5.64. The highest BCUT2D eigenvalue weighted by molar-refractivity contribution is 5.85. The van der Waals surface area contributed by atoms with Crippen LogP contribution in [-0.4, -0.2) is 55.1 Å². The molecule has 0 bridgehead atoms. The number of nitrogens with zero attached hydrogens (tertiary/aromatic N) is 3. The van der Waals surface area contributed by atoms with Crippen LogP contribution >= 0.6 is 12.4 Å². The van der Waals surface area contributed by atoms with Crippen LogP contribution in [0.4, 0.5) is 5.82 Å². The summed E-state index contributed by atoms with van der Waals surface area (Å²) in [5.74, 6) is 1.88. The molecule has 124 valence electrons. The largest absolute Gasteiger partial charge is 0.497 e. The minimum Gasteiger partial charge on any atom is -0.497 e. The van der Waals surface area contributed by atoms with Gasteiger partial charge in [0.15, 0.2) is 0 Å². The average molecular weight is 329 g/mol. The van der Waals surface area contributed by atoms with Gasteiger partial charge in [0.1, 0.15) is 11.6 Å². The summed E-state index contributed by atoms with van der Waals surface area (Å²) in [5, 5.41) is 0. The maximum atomic E-state index is 12.2. The second kappa shape index (κ2) is 8.19. The SMILES string of the molecule is COc1ccnc(N2CCN(C(=O)[C@@H](N)C(C)C)CC2)c1.Cl. The van der Waals surface area contributed by atoms with E-state index in [0.29, 0.717) is 13.1 Å². The first-order chi connectivity index (χ1) is 10.0. The Bertz CT molecular complexity index is 490. The van der Waals surface area contributed by atoms with E-state index in [0.717, 1.165) is 24.7 Å². The van der Waals surface area contributed by atoms with Gasteiger partial charge in [-0.05, 0) is 12.0 Å². The van der Waals surface area contributed by atoms with Crippen molar-refractivity contribution in [1.82, 2.24) is 9.88 Å². The van der Waals surface area contributed by atoms with E-state index < -0.39 is 6.04 Å². The number of aromatic nitrogens is 1. The monoisotopic (exact) mass is 328 g/mol. The maximum absolute atomic E-state index is 12.2. The third-order valence-corrected chi connectivity index (χ3v) is 3.87. The molecule has 1 atom stereocenters. The van der Waals surface area contributed by atoms with Crippen molar-refractivity contribution in [2.75, 3.05) is 38.2 Å². The summed E-state index contributed by atoms with van der Waals surface area (Å²) in [4.78, 5) is 20.6. The molecule has 0 unspecified atom stereocenters. The number of ether oxygens (including phenoxy) is 1. The molecule has 0 saturated carbocycles. The fraction of sp³-hybridized carbons (Fsp3) is 0.600. The predicted octanol–water partition coefficient (Wildman–Crippen LogP) is 1.14. The van der Waals surface area contributed by atoms with Crippen molar-refractivity contribution in [1.29, 1.82) is 0 Å². The lowest BCUT2D eigenvalue weighted by Crippen LogP contribution is -2.54. The van der Waals surface area contributed by atoms with Crippen molar-refractivity contribution in [3.8, 4) is 5.75 Å². The summed E-state index contributed by atoms with van der Waals surface area (Å²) in [7, 11) is 1.64. The fourth-order valence-corrected chi connectivity index (χ4v) is 2.35. The highest BCUT2D eigenvalue weighted by Crippen LogP contribution is 2.19. The molecule has 0 aliphatic carbocycles. The van der Waals surface area contributed by atoms with E-state index in [1.807, 2.05) is 30.9 Å². The standard InChI is InChI=1S/C15H24N4O2.ClH/c1-11(2)14(16)15(20)19-8-6-18(7-9-19)13-10-12(21-3)4-5-17-13;/h4-5,10-11,14H,6-9,16H2,1-3H3;1H/t14-;/m0./s1. The number of nitrogens with two attached hydrogens (primary N) is 1. The van der Waals surface area contributed by atoms with E-state index in [1.165, 1.54) is 0 Å². The number of methoxy groups -OCH3 is 1. The summed E-state index contributed by atoms with van der Waals surface area (Å²) >= 11 is 0. The van der Waals surface area contributed by atoms with Crippen LogP contribution in [0.1, 0.15) is 13.8 Å². The van der Waals surface area contributed by atoms with Gasteiger partial charge in [-0.1, -0.05) is 13.8 Å². The van der Waals surface area contributed by atoms with Gasteiger partial charge in [-0.25, -0.2) is 4.98 Å². The molecule has 0 radical (unpaired) electrons. The molecule has 2 rings (SSSR count). The Morgan fingerprint density at radius 1 is 1.32 bits per heavy atom. The molecule has 1 aromatic rings. The van der Waals surface area contributed by atoms with Gasteiger partial charge in [0.2, 0.25) is 5.91 Å². The molecule has 0 spiro atoms. The Morgan fingerprint density at radius 3 is 2.50 bits per heavy atom. The third kappa shape index (κ3) is 4.24. The van der Waals surface area contributed by atoms with Gasteiger partial charge >= 0.3 is 0 Å². The van der Waals surface area contributed by atoms with Crippen molar-refractivity contribution < 1.29 is 9.53 Å². The van der Waals surface area contributed by atoms with Gasteiger partial charge in [-0.15, -0.1) is 12.4 Å². The minimum absolute atomic E-state index is 0. The van der Waals surface area contributed by atoms with Crippen LogP contribution in [0.5, 0.6) is 5.75 Å². The number of hydrogen-bond acceptors (Lipinski definition) is 5. The molecule has 1 aliphatic heterocycles. The predicted molar refractivity (Wildman–Crippen MR) is 89.6 cm³/mol.